The second-order valence-corrected chi connectivity index (χ2v) is 8.82. The van der Waals surface area contributed by atoms with E-state index in [1.807, 2.05) is 30.3 Å². The van der Waals surface area contributed by atoms with E-state index >= 15 is 0 Å². The molecular formula is C25H26N4O5. The van der Waals surface area contributed by atoms with Crippen LogP contribution >= 0.6 is 0 Å². The number of benzene rings is 2. The van der Waals surface area contributed by atoms with Gasteiger partial charge in [-0.3, -0.25) is 9.59 Å². The van der Waals surface area contributed by atoms with Crippen LogP contribution in [0.1, 0.15) is 42.0 Å². The van der Waals surface area contributed by atoms with E-state index in [1.165, 1.54) is 7.05 Å². The molecule has 3 aliphatic rings. The molecular weight excluding hydrogens is 436 g/mol. The maximum atomic E-state index is 13.4. The average Bonchev–Trinajstić information content (AvgIpc) is 3.53. The summed E-state index contributed by atoms with van der Waals surface area (Å²) < 4.78 is 5.65. The number of ether oxygens (including phenoxy) is 1. The van der Waals surface area contributed by atoms with Gasteiger partial charge >= 0.3 is 12.1 Å². The molecule has 0 bridgehead atoms. The summed E-state index contributed by atoms with van der Waals surface area (Å²) in [7, 11) is 1.52. The Hall–Kier alpha value is -3.88. The predicted octanol–water partition coefficient (Wildman–Crippen LogP) is 2.92. The summed E-state index contributed by atoms with van der Waals surface area (Å²) in [5.74, 6) is -0.774. The van der Waals surface area contributed by atoms with Gasteiger partial charge in [0.1, 0.15) is 6.54 Å². The van der Waals surface area contributed by atoms with Crippen LogP contribution in [0.5, 0.6) is 0 Å². The molecule has 2 aromatic rings. The lowest BCUT2D eigenvalue weighted by Gasteiger charge is -2.26. The van der Waals surface area contributed by atoms with Crippen molar-refractivity contribution >= 4 is 29.6 Å². The summed E-state index contributed by atoms with van der Waals surface area (Å²) in [5, 5.41) is 5.19. The number of hydrogen-bond donors (Lipinski definition) is 2. The third-order valence-corrected chi connectivity index (χ3v) is 6.90. The average molecular weight is 463 g/mol. The van der Waals surface area contributed by atoms with Crippen LogP contribution in [-0.2, 0) is 26.3 Å². The first-order valence-corrected chi connectivity index (χ1v) is 11.4. The Balaban J connectivity index is 1.34. The Labute approximate surface area is 197 Å². The normalized spacial score (nSPS) is 23.3. The number of carbonyl (C=O) groups excluding carboxylic acids is 4. The number of amides is 5. The van der Waals surface area contributed by atoms with Gasteiger partial charge in [0.05, 0.1) is 6.04 Å². The zero-order chi connectivity index (χ0) is 23.9. The van der Waals surface area contributed by atoms with E-state index < -0.39 is 17.6 Å². The summed E-state index contributed by atoms with van der Waals surface area (Å²) in [6.45, 7) is 0.249. The molecule has 1 spiro atoms. The number of fused-ring (bicyclic) bond motifs is 2. The standard InChI is InChI=1S/C25H26N4O5/c1-26-23(32)27-18-9-10-19-17(14-18)11-12-25(19)22(31)29(24(33)34-25)15-21(30)28-13-5-8-20(28)16-6-3-2-4-7-16/h2-4,6-7,9-10,14,20H,5,8,11-13,15H2,1H3,(H2,26,27,32)/t20-,25?/m1/s1. The first-order valence-electron chi connectivity index (χ1n) is 11.4. The molecule has 0 aromatic heterocycles. The number of likely N-dealkylation sites (tertiary alicyclic amines) is 1. The van der Waals surface area contributed by atoms with E-state index in [0.29, 0.717) is 30.6 Å². The number of aryl methyl sites for hydroxylation is 1. The van der Waals surface area contributed by atoms with E-state index in [2.05, 4.69) is 10.6 Å². The van der Waals surface area contributed by atoms with E-state index in [-0.39, 0.29) is 24.5 Å². The molecule has 2 atom stereocenters. The number of carbonyl (C=O) groups is 4. The molecule has 176 valence electrons. The largest absolute Gasteiger partial charge is 0.427 e. The van der Waals surface area contributed by atoms with Gasteiger partial charge in [-0.25, -0.2) is 14.5 Å². The second-order valence-electron chi connectivity index (χ2n) is 8.82. The number of anilines is 1. The molecule has 2 heterocycles. The summed E-state index contributed by atoms with van der Waals surface area (Å²) in [4.78, 5) is 53.7. The predicted molar refractivity (Wildman–Crippen MR) is 123 cm³/mol. The molecule has 2 N–H and O–H groups in total. The van der Waals surface area contributed by atoms with Gasteiger partial charge in [-0.2, -0.15) is 0 Å². The number of nitrogens with one attached hydrogen (secondary N) is 2. The Kier molecular flexibility index (Phi) is 5.47. The first kappa shape index (κ1) is 21.9. The lowest BCUT2D eigenvalue weighted by Crippen LogP contribution is -2.44. The molecule has 2 aliphatic heterocycles. The minimum Gasteiger partial charge on any atom is -0.427 e. The van der Waals surface area contributed by atoms with Crippen molar-refractivity contribution < 1.29 is 23.9 Å². The van der Waals surface area contributed by atoms with Crippen molar-refractivity contribution in [3.63, 3.8) is 0 Å². The van der Waals surface area contributed by atoms with Gasteiger partial charge in [-0.1, -0.05) is 36.4 Å². The van der Waals surface area contributed by atoms with Crippen LogP contribution in [0.25, 0.3) is 0 Å². The summed E-state index contributed by atoms with van der Waals surface area (Å²) in [6, 6.07) is 14.5. The highest BCUT2D eigenvalue weighted by Gasteiger charge is 2.58. The quantitative estimate of drug-likeness (QED) is 0.726. The summed E-state index contributed by atoms with van der Waals surface area (Å²) in [5.41, 5.74) is 1.65. The van der Waals surface area contributed by atoms with E-state index in [1.54, 1.807) is 23.1 Å². The van der Waals surface area contributed by atoms with Gasteiger partial charge < -0.3 is 20.3 Å². The van der Waals surface area contributed by atoms with Gasteiger partial charge in [0.15, 0.2) is 0 Å². The highest BCUT2D eigenvalue weighted by Crippen LogP contribution is 2.46. The molecule has 0 radical (unpaired) electrons. The fourth-order valence-corrected chi connectivity index (χ4v) is 5.24. The molecule has 5 rings (SSSR count). The van der Waals surface area contributed by atoms with E-state index in [9.17, 15) is 19.2 Å². The van der Waals surface area contributed by atoms with Crippen LogP contribution in [0.4, 0.5) is 15.3 Å². The number of nitrogens with zero attached hydrogens (tertiary/aromatic N) is 2. The van der Waals surface area contributed by atoms with Crippen molar-refractivity contribution in [2.45, 2.75) is 37.3 Å². The van der Waals surface area contributed by atoms with Crippen LogP contribution in [0.3, 0.4) is 0 Å². The fraction of sp³-hybridized carbons (Fsp3) is 0.360. The number of hydrogen-bond acceptors (Lipinski definition) is 5. The molecule has 2 fully saturated rings. The van der Waals surface area contributed by atoms with Crippen molar-refractivity contribution in [1.29, 1.82) is 0 Å². The highest BCUT2D eigenvalue weighted by molar-refractivity contribution is 6.06. The maximum Gasteiger partial charge on any atom is 0.418 e. The van der Waals surface area contributed by atoms with Crippen molar-refractivity contribution in [1.82, 2.24) is 15.1 Å². The maximum absolute atomic E-state index is 13.4. The third-order valence-electron chi connectivity index (χ3n) is 6.90. The molecule has 2 saturated heterocycles. The van der Waals surface area contributed by atoms with Gasteiger partial charge in [0.2, 0.25) is 11.5 Å². The topological polar surface area (TPSA) is 108 Å². The molecule has 1 aliphatic carbocycles. The molecule has 9 heteroatoms. The number of imide groups is 1. The minimum absolute atomic E-state index is 0.0603. The second kappa shape index (κ2) is 8.48. The van der Waals surface area contributed by atoms with Crippen molar-refractivity contribution in [3.05, 3.63) is 65.2 Å². The molecule has 2 aromatic carbocycles. The van der Waals surface area contributed by atoms with Crippen molar-refractivity contribution in [2.24, 2.45) is 0 Å². The Bertz CT molecular complexity index is 1170. The summed E-state index contributed by atoms with van der Waals surface area (Å²) in [6.07, 6.45) is 1.74. The molecule has 34 heavy (non-hydrogen) atoms. The van der Waals surface area contributed by atoms with Crippen LogP contribution in [0.2, 0.25) is 0 Å². The summed E-state index contributed by atoms with van der Waals surface area (Å²) >= 11 is 0. The SMILES string of the molecule is CNC(=O)Nc1ccc2c(c1)CCC21OC(=O)N(CC(=O)N2CCC[C@@H]2c2ccccc2)C1=O. The smallest absolute Gasteiger partial charge is 0.418 e. The molecule has 0 saturated carbocycles. The fourth-order valence-electron chi connectivity index (χ4n) is 5.24. The third kappa shape index (κ3) is 3.57. The number of urea groups is 1. The molecule has 9 nitrogen and oxygen atoms in total. The van der Waals surface area contributed by atoms with Gasteiger partial charge in [-0.05, 0) is 42.5 Å². The molecule has 1 unspecified atom stereocenters. The van der Waals surface area contributed by atoms with Gasteiger partial charge in [0, 0.05) is 31.3 Å². The van der Waals surface area contributed by atoms with Crippen LogP contribution in [-0.4, -0.2) is 53.9 Å². The van der Waals surface area contributed by atoms with E-state index in [0.717, 1.165) is 28.9 Å². The van der Waals surface area contributed by atoms with Crippen molar-refractivity contribution in [2.75, 3.05) is 25.5 Å². The zero-order valence-electron chi connectivity index (χ0n) is 18.9. The van der Waals surface area contributed by atoms with E-state index in [4.69, 9.17) is 4.74 Å². The minimum atomic E-state index is -1.41. The first-order chi connectivity index (χ1) is 16.4. The van der Waals surface area contributed by atoms with Crippen LogP contribution < -0.4 is 10.6 Å². The van der Waals surface area contributed by atoms with Crippen LogP contribution in [0, 0.1) is 0 Å². The van der Waals surface area contributed by atoms with Gasteiger partial charge in [-0.15, -0.1) is 0 Å². The molecule has 5 amide bonds. The highest BCUT2D eigenvalue weighted by atomic mass is 16.6. The van der Waals surface area contributed by atoms with Crippen LogP contribution in [0.15, 0.2) is 48.5 Å². The Morgan fingerprint density at radius 1 is 1.15 bits per heavy atom. The number of rotatable bonds is 4. The Morgan fingerprint density at radius 2 is 1.94 bits per heavy atom. The lowest BCUT2D eigenvalue weighted by molar-refractivity contribution is -0.142. The lowest BCUT2D eigenvalue weighted by atomic mass is 9.94. The van der Waals surface area contributed by atoms with Gasteiger partial charge in [0.25, 0.3) is 5.91 Å². The van der Waals surface area contributed by atoms with Crippen molar-refractivity contribution in [3.8, 4) is 0 Å². The monoisotopic (exact) mass is 462 g/mol. The zero-order valence-corrected chi connectivity index (χ0v) is 18.9. The Morgan fingerprint density at radius 3 is 2.71 bits per heavy atom.